The Morgan fingerprint density at radius 3 is 2.68 bits per heavy atom. The molecule has 1 unspecified atom stereocenters. The molecule has 5 aromatic rings. The van der Waals surface area contributed by atoms with Crippen molar-refractivity contribution in [3.05, 3.63) is 84.1 Å². The van der Waals surface area contributed by atoms with Gasteiger partial charge in [0.1, 0.15) is 11.1 Å². The van der Waals surface area contributed by atoms with Crippen molar-refractivity contribution in [2.75, 3.05) is 5.32 Å². The van der Waals surface area contributed by atoms with E-state index in [4.69, 9.17) is 21.1 Å². The van der Waals surface area contributed by atoms with E-state index in [1.54, 1.807) is 6.07 Å². The highest BCUT2D eigenvalue weighted by Gasteiger charge is 2.15. The molecule has 5 rings (SSSR count). The molecule has 0 spiro atoms. The lowest BCUT2D eigenvalue weighted by Gasteiger charge is -2.09. The number of benzene rings is 3. The largest absolute Gasteiger partial charge is 0.451 e. The number of fused-ring (bicyclic) bond motifs is 2. The van der Waals surface area contributed by atoms with Gasteiger partial charge in [-0.05, 0) is 72.6 Å². The molecule has 0 bridgehead atoms. The number of hydrogen-bond acceptors (Lipinski definition) is 5. The summed E-state index contributed by atoms with van der Waals surface area (Å²) in [4.78, 5) is 17.2. The molecule has 2 N–H and O–H groups in total. The monoisotopic (exact) mass is 469 g/mol. The van der Waals surface area contributed by atoms with Crippen molar-refractivity contribution >= 4 is 51.0 Å². The third kappa shape index (κ3) is 4.43. The predicted octanol–water partition coefficient (Wildman–Crippen LogP) is 6.88. The van der Waals surface area contributed by atoms with E-state index < -0.39 is 5.91 Å². The van der Waals surface area contributed by atoms with Crippen LogP contribution in [0.25, 0.3) is 33.5 Å². The fraction of sp³-hybridized carbons (Fsp3) is 0.148. The van der Waals surface area contributed by atoms with Gasteiger partial charge in [0.2, 0.25) is 5.89 Å². The van der Waals surface area contributed by atoms with Crippen molar-refractivity contribution in [2.45, 2.75) is 26.2 Å². The molecule has 7 heteroatoms. The van der Waals surface area contributed by atoms with Crippen LogP contribution in [0.3, 0.4) is 0 Å². The Labute approximate surface area is 202 Å². The van der Waals surface area contributed by atoms with Crippen molar-refractivity contribution in [2.24, 2.45) is 0 Å². The maximum Gasteiger partial charge on any atom is 0.293 e. The number of hydrogen-bond donors (Lipinski definition) is 2. The van der Waals surface area contributed by atoms with E-state index in [1.807, 2.05) is 54.6 Å². The third-order valence-corrected chi connectivity index (χ3v) is 6.04. The van der Waals surface area contributed by atoms with Gasteiger partial charge >= 0.3 is 0 Å². The van der Waals surface area contributed by atoms with Crippen LogP contribution in [0.2, 0.25) is 0 Å². The number of thiocarbonyl (C=S) groups is 1. The summed E-state index contributed by atoms with van der Waals surface area (Å²) in [6.45, 7) is 4.37. The van der Waals surface area contributed by atoms with Gasteiger partial charge in [-0.1, -0.05) is 44.2 Å². The highest BCUT2D eigenvalue weighted by atomic mass is 32.1. The molecule has 0 saturated carbocycles. The number of aromatic nitrogens is 1. The van der Waals surface area contributed by atoms with Crippen LogP contribution in [0.15, 0.2) is 81.6 Å². The Morgan fingerprint density at radius 2 is 1.85 bits per heavy atom. The zero-order valence-electron chi connectivity index (χ0n) is 18.8. The van der Waals surface area contributed by atoms with Crippen molar-refractivity contribution in [3.63, 3.8) is 0 Å². The molecule has 2 heterocycles. The Hall–Kier alpha value is -3.97. The van der Waals surface area contributed by atoms with E-state index >= 15 is 0 Å². The average molecular weight is 470 g/mol. The Morgan fingerprint density at radius 1 is 1.00 bits per heavy atom. The van der Waals surface area contributed by atoms with E-state index in [9.17, 15) is 4.79 Å². The van der Waals surface area contributed by atoms with Crippen LogP contribution in [0.4, 0.5) is 5.69 Å². The molecule has 0 saturated heterocycles. The average Bonchev–Trinajstić information content (AvgIpc) is 3.47. The summed E-state index contributed by atoms with van der Waals surface area (Å²) in [6.07, 6.45) is 1.07. The number of carbonyl (C=O) groups is 1. The maximum absolute atomic E-state index is 12.5. The van der Waals surface area contributed by atoms with E-state index in [0.29, 0.717) is 23.1 Å². The molecule has 1 amide bonds. The molecule has 0 aliphatic heterocycles. The molecular weight excluding hydrogens is 446 g/mol. The molecule has 3 aromatic carbocycles. The van der Waals surface area contributed by atoms with Gasteiger partial charge in [0.05, 0.1) is 0 Å². The molecule has 6 nitrogen and oxygen atoms in total. The topological polar surface area (TPSA) is 80.3 Å². The lowest BCUT2D eigenvalue weighted by atomic mass is 9.98. The van der Waals surface area contributed by atoms with Gasteiger partial charge in [0.15, 0.2) is 16.5 Å². The number of nitrogens with zero attached hydrogens (tertiary/aromatic N) is 1. The van der Waals surface area contributed by atoms with Crippen molar-refractivity contribution in [3.8, 4) is 11.5 Å². The van der Waals surface area contributed by atoms with E-state index in [0.717, 1.165) is 28.5 Å². The van der Waals surface area contributed by atoms with Crippen LogP contribution in [-0.4, -0.2) is 16.0 Å². The van der Waals surface area contributed by atoms with E-state index in [-0.39, 0.29) is 10.9 Å². The first-order chi connectivity index (χ1) is 16.5. The molecule has 34 heavy (non-hydrogen) atoms. The predicted molar refractivity (Wildman–Crippen MR) is 138 cm³/mol. The van der Waals surface area contributed by atoms with Crippen molar-refractivity contribution in [1.82, 2.24) is 10.3 Å². The SMILES string of the molecule is CCC(C)c1ccc2oc(-c3cccc(NC(=S)NC(=O)c4cc5ccccc5o4)c3)nc2c1. The van der Waals surface area contributed by atoms with Crippen LogP contribution < -0.4 is 10.6 Å². The highest BCUT2D eigenvalue weighted by Crippen LogP contribution is 2.29. The number of amides is 1. The Balaban J connectivity index is 1.30. The first kappa shape index (κ1) is 21.9. The Bertz CT molecular complexity index is 1490. The van der Waals surface area contributed by atoms with Crippen LogP contribution in [-0.2, 0) is 0 Å². The summed E-state index contributed by atoms with van der Waals surface area (Å²) in [5.74, 6) is 0.772. The first-order valence-corrected chi connectivity index (χ1v) is 11.5. The van der Waals surface area contributed by atoms with Crippen LogP contribution in [0, 0.1) is 0 Å². The first-order valence-electron chi connectivity index (χ1n) is 11.1. The number of anilines is 1. The fourth-order valence-electron chi connectivity index (χ4n) is 3.76. The zero-order chi connectivity index (χ0) is 23.7. The molecule has 0 aliphatic rings. The van der Waals surface area contributed by atoms with Gasteiger partial charge in [0.25, 0.3) is 5.91 Å². The minimum Gasteiger partial charge on any atom is -0.451 e. The summed E-state index contributed by atoms with van der Waals surface area (Å²) in [5, 5.41) is 6.72. The number of carbonyl (C=O) groups excluding carboxylic acids is 1. The summed E-state index contributed by atoms with van der Waals surface area (Å²) >= 11 is 5.33. The smallest absolute Gasteiger partial charge is 0.293 e. The van der Waals surface area contributed by atoms with Crippen LogP contribution in [0.1, 0.15) is 42.3 Å². The van der Waals surface area contributed by atoms with Gasteiger partial charge in [-0.3, -0.25) is 10.1 Å². The van der Waals surface area contributed by atoms with Gasteiger partial charge < -0.3 is 14.2 Å². The molecule has 0 aliphatic carbocycles. The summed E-state index contributed by atoms with van der Waals surface area (Å²) in [6, 6.07) is 22.8. The van der Waals surface area contributed by atoms with E-state index in [1.165, 1.54) is 5.56 Å². The molecule has 170 valence electrons. The van der Waals surface area contributed by atoms with Gasteiger partial charge in [-0.2, -0.15) is 0 Å². The second-order valence-electron chi connectivity index (χ2n) is 8.19. The fourth-order valence-corrected chi connectivity index (χ4v) is 3.97. The standard InChI is InChI=1S/C27H23N3O3S/c1-3-16(2)17-11-12-23-21(14-17)29-26(33-23)19-8-6-9-20(13-19)28-27(34)30-25(31)24-15-18-7-4-5-10-22(18)32-24/h4-16H,3H2,1-2H3,(H2,28,30,31,34). The normalized spacial score (nSPS) is 12.1. The number of rotatable bonds is 5. The maximum atomic E-state index is 12.5. The molecule has 0 radical (unpaired) electrons. The lowest BCUT2D eigenvalue weighted by molar-refractivity contribution is 0.0953. The van der Waals surface area contributed by atoms with Crippen molar-refractivity contribution < 1.29 is 13.6 Å². The van der Waals surface area contributed by atoms with Gasteiger partial charge in [-0.15, -0.1) is 0 Å². The molecule has 0 fully saturated rings. The van der Waals surface area contributed by atoms with Crippen molar-refractivity contribution in [1.29, 1.82) is 0 Å². The summed E-state index contributed by atoms with van der Waals surface area (Å²) < 4.78 is 11.6. The number of nitrogens with one attached hydrogen (secondary N) is 2. The van der Waals surface area contributed by atoms with Gasteiger partial charge in [-0.25, -0.2) is 4.98 Å². The zero-order valence-corrected chi connectivity index (χ0v) is 19.6. The summed E-state index contributed by atoms with van der Waals surface area (Å²) in [7, 11) is 0. The number of oxazole rings is 1. The minimum absolute atomic E-state index is 0.165. The molecule has 1 atom stereocenters. The van der Waals surface area contributed by atoms with Crippen LogP contribution >= 0.6 is 12.2 Å². The third-order valence-electron chi connectivity index (χ3n) is 5.84. The second kappa shape index (κ2) is 9.11. The second-order valence-corrected chi connectivity index (χ2v) is 8.60. The molecule has 2 aromatic heterocycles. The highest BCUT2D eigenvalue weighted by molar-refractivity contribution is 7.80. The van der Waals surface area contributed by atoms with Crippen LogP contribution in [0.5, 0.6) is 0 Å². The quantitative estimate of drug-likeness (QED) is 0.273. The van der Waals surface area contributed by atoms with Gasteiger partial charge in [0, 0.05) is 16.6 Å². The number of para-hydroxylation sites is 1. The lowest BCUT2D eigenvalue weighted by Crippen LogP contribution is -2.33. The minimum atomic E-state index is -0.416. The van der Waals surface area contributed by atoms with E-state index in [2.05, 4.69) is 41.6 Å². The summed E-state index contributed by atoms with van der Waals surface area (Å²) in [5.41, 5.74) is 4.98. The number of furan rings is 1. The Kier molecular flexibility index (Phi) is 5.86. The molecular formula is C27H23N3O3S.